The topological polar surface area (TPSA) is 224 Å². The van der Waals surface area contributed by atoms with Crippen molar-refractivity contribution >= 4 is 40.5 Å². The van der Waals surface area contributed by atoms with E-state index in [1.807, 2.05) is 97.5 Å². The average molecular weight is 1640 g/mol. The molecule has 5 fully saturated rings. The second-order valence-corrected chi connectivity index (χ2v) is 30.4. The number of pyridine rings is 5. The molecule has 15 rings (SSSR count). The molecule has 3 amide bonds. The lowest BCUT2D eigenvalue weighted by Crippen LogP contribution is -2.26. The van der Waals surface area contributed by atoms with Gasteiger partial charge in [-0.15, -0.1) is 0 Å². The number of aromatic nitrogens is 5. The monoisotopic (exact) mass is 1640 g/mol. The number of carbonyl (C=O) groups excluding carboxylic acids is 3. The highest BCUT2D eigenvalue weighted by Crippen LogP contribution is 2.40. The van der Waals surface area contributed by atoms with Crippen molar-refractivity contribution in [3.8, 4) is 57.5 Å². The number of amides is 3. The molecule has 0 bridgehead atoms. The fourth-order valence-electron chi connectivity index (χ4n) is 14.5. The summed E-state index contributed by atoms with van der Waals surface area (Å²) in [4.78, 5) is 67.1. The summed E-state index contributed by atoms with van der Waals surface area (Å²) in [5.41, 5.74) is 8.63. The third kappa shape index (κ3) is 26.6. The first-order valence-corrected chi connectivity index (χ1v) is 41.2. The van der Waals surface area contributed by atoms with E-state index < -0.39 is 6.61 Å². The molecule has 5 aliphatic carbocycles. The van der Waals surface area contributed by atoms with Crippen molar-refractivity contribution in [3.63, 3.8) is 0 Å². The summed E-state index contributed by atoms with van der Waals surface area (Å²) in [5.74, 6) is 6.22. The molecule has 0 aliphatic heterocycles. The Morgan fingerprint density at radius 1 is 0.350 bits per heavy atom. The minimum absolute atomic E-state index is 0.0611. The highest BCUT2D eigenvalue weighted by atomic mass is 19.3. The Bertz CT molecular complexity index is 4560. The molecule has 0 atom stereocenters. The van der Waals surface area contributed by atoms with Crippen LogP contribution in [0, 0.1) is 5.92 Å². The number of carbonyl (C=O) groups is 3. The zero-order valence-electron chi connectivity index (χ0n) is 70.3. The van der Waals surface area contributed by atoms with Gasteiger partial charge in [0.05, 0.1) is 76.9 Å². The summed E-state index contributed by atoms with van der Waals surface area (Å²) >= 11 is 0. The molecule has 10 aromatic rings. The van der Waals surface area contributed by atoms with Crippen LogP contribution in [0.5, 0.6) is 57.5 Å². The normalized spacial score (nSPS) is 14.3. The number of anilines is 4. The van der Waals surface area contributed by atoms with Gasteiger partial charge in [0.25, 0.3) is 17.7 Å². The quantitative estimate of drug-likeness (QED) is 0.0408. The molecule has 5 aromatic carbocycles. The predicted molar refractivity (Wildman–Crippen MR) is 461 cm³/mol. The first kappa shape index (κ1) is 88.5. The molecule has 0 spiro atoms. The number of halogens is 2. The third-order valence-corrected chi connectivity index (χ3v) is 21.5. The average Bonchev–Trinajstić information content (AvgIpc) is 1.00. The van der Waals surface area contributed by atoms with E-state index in [2.05, 4.69) is 83.9 Å². The van der Waals surface area contributed by atoms with E-state index in [1.54, 1.807) is 132 Å². The number of nitrogens with zero attached hydrogens (tertiary/aromatic N) is 10. The van der Waals surface area contributed by atoms with Gasteiger partial charge in [0, 0.05) is 151 Å². The van der Waals surface area contributed by atoms with Crippen LogP contribution in [0.2, 0.25) is 0 Å². The molecule has 23 nitrogen and oxygen atoms in total. The first-order chi connectivity index (χ1) is 58.4. The Kier molecular flexibility index (Phi) is 33.6. The molecule has 0 unspecified atom stereocenters. The molecule has 25 heteroatoms. The Morgan fingerprint density at radius 2 is 0.758 bits per heavy atom. The Labute approximate surface area is 703 Å². The second-order valence-electron chi connectivity index (χ2n) is 30.4. The van der Waals surface area contributed by atoms with Gasteiger partial charge in [-0.3, -0.25) is 39.3 Å². The number of hydrogen-bond acceptors (Lipinski definition) is 20. The summed E-state index contributed by atoms with van der Waals surface area (Å²) < 4.78 is 81.5. The van der Waals surface area contributed by atoms with E-state index in [0.717, 1.165) is 129 Å². The van der Waals surface area contributed by atoms with Crippen molar-refractivity contribution in [3.05, 3.63) is 247 Å². The highest BCUT2D eigenvalue weighted by molar-refractivity contribution is 6.06. The maximum atomic E-state index is 12.7. The van der Waals surface area contributed by atoms with Crippen LogP contribution in [0.3, 0.4) is 0 Å². The molecular weight excluding hydrogens is 1530 g/mol. The van der Waals surface area contributed by atoms with Crippen molar-refractivity contribution in [2.45, 2.75) is 166 Å². The minimum atomic E-state index is -2.95. The van der Waals surface area contributed by atoms with Crippen molar-refractivity contribution in [2.24, 2.45) is 5.92 Å². The molecular formula is C95H112F2N10O13. The van der Waals surface area contributed by atoms with Crippen molar-refractivity contribution < 1.29 is 70.5 Å². The number of benzene rings is 5. The lowest BCUT2D eigenvalue weighted by atomic mass is 10.1. The van der Waals surface area contributed by atoms with E-state index in [0.29, 0.717) is 71.0 Å². The van der Waals surface area contributed by atoms with Crippen LogP contribution in [0.4, 0.5) is 31.5 Å². The van der Waals surface area contributed by atoms with Gasteiger partial charge in [0.1, 0.15) is 0 Å². The Morgan fingerprint density at radius 3 is 1.18 bits per heavy atom. The Balaban J connectivity index is 0.000000147. The molecule has 5 aliphatic rings. The smallest absolute Gasteiger partial charge is 0.387 e. The number of hydrogen-bond donors (Lipinski definition) is 0. The van der Waals surface area contributed by atoms with Crippen molar-refractivity contribution in [2.75, 3.05) is 89.9 Å². The fraction of sp³-hybridized carbons (Fsp3) is 0.389. The molecule has 0 saturated heterocycles. The maximum absolute atomic E-state index is 12.7. The Hall–Kier alpha value is -12.3. The summed E-state index contributed by atoms with van der Waals surface area (Å²) in [6.07, 6.45) is 39.0. The molecule has 0 radical (unpaired) electrons. The van der Waals surface area contributed by atoms with Crippen LogP contribution >= 0.6 is 0 Å². The first-order valence-electron chi connectivity index (χ1n) is 41.2. The van der Waals surface area contributed by atoms with Crippen molar-refractivity contribution in [1.82, 2.24) is 29.8 Å². The summed E-state index contributed by atoms with van der Waals surface area (Å²) in [5, 5.41) is 0. The van der Waals surface area contributed by atoms with Gasteiger partial charge in [-0.1, -0.05) is 12.1 Å². The molecule has 120 heavy (non-hydrogen) atoms. The largest absolute Gasteiger partial charge is 0.493 e. The van der Waals surface area contributed by atoms with Crippen LogP contribution in [0.1, 0.15) is 163 Å². The highest BCUT2D eigenvalue weighted by Gasteiger charge is 2.28. The van der Waals surface area contributed by atoms with Gasteiger partial charge < -0.3 is 71.9 Å². The zero-order chi connectivity index (χ0) is 84.5. The van der Waals surface area contributed by atoms with Crippen molar-refractivity contribution in [1.29, 1.82) is 0 Å². The SMILES string of the molecule is CN(Cc1ccncc1)C(=O)c1ccc(OC(F)F)c(OCC2CC2)c1.COc1ccc(CN(C)c2cccnc2)cc1OC1CCCC1.COc1ccc(CN(C)c2ccncc2)cc1OC1CCCC1.COc1ccc(N(C)C(=O)c2cccnc2)cc1OC1CCCC1.COc1ccc(N(C)C(=O)c2ccncc2)cc1OC1CCCC1. The van der Waals surface area contributed by atoms with E-state index in [9.17, 15) is 23.2 Å². The van der Waals surface area contributed by atoms with E-state index in [-0.39, 0.29) is 41.4 Å². The molecule has 5 heterocycles. The van der Waals surface area contributed by atoms with E-state index in [4.69, 9.17) is 42.6 Å². The van der Waals surface area contributed by atoms with Gasteiger partial charge in [0.2, 0.25) is 0 Å². The molecule has 5 aromatic heterocycles. The van der Waals surface area contributed by atoms with Crippen LogP contribution in [-0.2, 0) is 19.6 Å². The third-order valence-electron chi connectivity index (χ3n) is 21.5. The van der Waals surface area contributed by atoms with Gasteiger partial charge in [0.15, 0.2) is 57.5 Å². The van der Waals surface area contributed by atoms with Gasteiger partial charge in [-0.05, 0) is 266 Å². The van der Waals surface area contributed by atoms with Crippen LogP contribution in [0.25, 0.3) is 0 Å². The number of ether oxygens (including phenoxy) is 10. The second kappa shape index (κ2) is 45.6. The number of alkyl halides is 2. The van der Waals surface area contributed by atoms with Crippen LogP contribution < -0.4 is 67.0 Å². The van der Waals surface area contributed by atoms with E-state index in [1.165, 1.54) is 80.7 Å². The summed E-state index contributed by atoms with van der Waals surface area (Å²) in [7, 11) is 16.0. The number of methoxy groups -OCH3 is 4. The minimum Gasteiger partial charge on any atom is -0.493 e. The van der Waals surface area contributed by atoms with E-state index >= 15 is 0 Å². The van der Waals surface area contributed by atoms with Gasteiger partial charge in [-0.2, -0.15) is 8.78 Å². The maximum Gasteiger partial charge on any atom is 0.387 e. The zero-order valence-corrected chi connectivity index (χ0v) is 70.3. The van der Waals surface area contributed by atoms with Gasteiger partial charge >= 0.3 is 6.61 Å². The molecule has 0 N–H and O–H groups in total. The lowest BCUT2D eigenvalue weighted by Gasteiger charge is -2.21. The predicted octanol–water partition coefficient (Wildman–Crippen LogP) is 19.2. The fourth-order valence-corrected chi connectivity index (χ4v) is 14.5. The molecule has 634 valence electrons. The number of rotatable bonds is 30. The standard InChI is InChI=1S/C19H20F2N2O3.2C19H22N2O3.2C19H24N2O2/c1-23(11-13-6-8-22-9-7-13)18(24)15-4-5-16(26-19(20)21)17(10-15)25-12-14-2-3-14;1-21(19(22)14-6-5-11-20-13-14)15-9-10-17(23-2)18(12-15)24-16-7-3-4-8-16;1-21(19(22)14-9-11-20-12-10-14)15-7-8-17(23-2)18(13-15)24-16-5-3-4-6-16;1-21(16-6-5-11-20-13-16)14-15-9-10-18(22-2)19(12-15)23-17-7-3-4-8-17;1-21(16-9-11-20-12-10-16)14-15-7-8-18(22-2)19(13-15)23-17-5-3-4-6-17/h4-10,14,19H,2-3,11-12H2,1H3;5-6,9-13,16H,3-4,7-8H2,1-2H3;7-13,16H,3-6H2,1-2H3;5-6,9-13,17H,3-4,7-8,14H2,1-2H3;7-13,17H,3-6,14H2,1-2H3. The van der Waals surface area contributed by atoms with Gasteiger partial charge in [-0.25, -0.2) is 0 Å². The van der Waals surface area contributed by atoms with Crippen LogP contribution in [-0.4, -0.2) is 149 Å². The summed E-state index contributed by atoms with van der Waals surface area (Å²) in [6.45, 7) is -0.487. The summed E-state index contributed by atoms with van der Waals surface area (Å²) in [6, 6.07) is 46.4. The van der Waals surface area contributed by atoms with Crippen LogP contribution in [0.15, 0.2) is 214 Å². The lowest BCUT2D eigenvalue weighted by molar-refractivity contribution is -0.0515. The molecule has 5 saturated carbocycles.